The fourth-order valence-corrected chi connectivity index (χ4v) is 1.06. The first-order valence-corrected chi connectivity index (χ1v) is 4.12. The quantitative estimate of drug-likeness (QED) is 0.751. The number of carbonyl (C=O) groups excluding carboxylic acids is 1. The number of pyridine rings is 1. The van der Waals surface area contributed by atoms with Crippen molar-refractivity contribution < 1.29 is 27.4 Å². The van der Waals surface area contributed by atoms with Crippen LogP contribution in [0.25, 0.3) is 0 Å². The molecule has 0 bridgehead atoms. The minimum absolute atomic E-state index is 0.503. The van der Waals surface area contributed by atoms with Crippen LogP contribution in [0.2, 0.25) is 0 Å². The van der Waals surface area contributed by atoms with Crippen molar-refractivity contribution in [2.75, 3.05) is 14.2 Å². The second kappa shape index (κ2) is 4.82. The zero-order chi connectivity index (χ0) is 12.3. The van der Waals surface area contributed by atoms with Gasteiger partial charge in [-0.3, -0.25) is 0 Å². The molecule has 1 heterocycles. The van der Waals surface area contributed by atoms with Crippen molar-refractivity contribution in [3.05, 3.63) is 23.1 Å². The number of aromatic nitrogens is 1. The molecule has 1 rings (SSSR count). The van der Waals surface area contributed by atoms with Crippen molar-refractivity contribution in [3.8, 4) is 5.88 Å². The molecule has 0 saturated heterocycles. The molecule has 88 valence electrons. The molecule has 4 nitrogen and oxygen atoms in total. The molecule has 1 aromatic heterocycles. The van der Waals surface area contributed by atoms with Crippen LogP contribution in [-0.4, -0.2) is 25.2 Å². The monoisotopic (exact) mass is 235 g/mol. The highest BCUT2D eigenvalue weighted by Gasteiger charge is 2.24. The van der Waals surface area contributed by atoms with E-state index in [1.807, 2.05) is 0 Å². The van der Waals surface area contributed by atoms with E-state index in [1.54, 1.807) is 0 Å². The topological polar surface area (TPSA) is 48.4 Å². The second-order valence-electron chi connectivity index (χ2n) is 2.71. The Hall–Kier alpha value is -1.79. The third-order valence-electron chi connectivity index (χ3n) is 1.78. The number of nitrogens with zero attached hydrogens (tertiary/aromatic N) is 1. The van der Waals surface area contributed by atoms with Crippen LogP contribution in [0.1, 0.15) is 22.5 Å². The van der Waals surface area contributed by atoms with Crippen LogP contribution in [0.15, 0.2) is 6.07 Å². The van der Waals surface area contributed by atoms with Gasteiger partial charge in [-0.2, -0.15) is 0 Å². The summed E-state index contributed by atoms with van der Waals surface area (Å²) in [5, 5.41) is 0. The SMILES string of the molecule is COC(=O)c1nc(OC)c(F)cc1C(F)F. The molecule has 16 heavy (non-hydrogen) atoms. The zero-order valence-corrected chi connectivity index (χ0v) is 8.46. The first-order valence-electron chi connectivity index (χ1n) is 4.12. The van der Waals surface area contributed by atoms with E-state index in [9.17, 15) is 18.0 Å². The highest BCUT2D eigenvalue weighted by molar-refractivity contribution is 5.89. The predicted molar refractivity (Wildman–Crippen MR) is 47.0 cm³/mol. The summed E-state index contributed by atoms with van der Waals surface area (Å²) in [7, 11) is 2.11. The number of ether oxygens (including phenoxy) is 2. The van der Waals surface area contributed by atoms with E-state index in [4.69, 9.17) is 0 Å². The smallest absolute Gasteiger partial charge is 0.357 e. The molecule has 0 atom stereocenters. The third kappa shape index (κ3) is 2.23. The Bertz CT molecular complexity index is 409. The van der Waals surface area contributed by atoms with Gasteiger partial charge in [0.1, 0.15) is 0 Å². The summed E-state index contributed by atoms with van der Waals surface area (Å²) in [5.41, 5.74) is -1.49. The number of rotatable bonds is 3. The molecule has 0 aliphatic rings. The van der Waals surface area contributed by atoms with Crippen molar-refractivity contribution in [2.45, 2.75) is 6.43 Å². The molecular formula is C9H8F3NO3. The lowest BCUT2D eigenvalue weighted by Gasteiger charge is -2.08. The molecule has 0 unspecified atom stereocenters. The predicted octanol–water partition coefficient (Wildman–Crippen LogP) is 1.95. The summed E-state index contributed by atoms with van der Waals surface area (Å²) >= 11 is 0. The highest BCUT2D eigenvalue weighted by Crippen LogP contribution is 2.26. The molecule has 0 radical (unpaired) electrons. The number of alkyl halides is 2. The summed E-state index contributed by atoms with van der Waals surface area (Å²) in [6.45, 7) is 0. The first-order chi connectivity index (χ1) is 7.51. The lowest BCUT2D eigenvalue weighted by molar-refractivity contribution is 0.0580. The van der Waals surface area contributed by atoms with Gasteiger partial charge < -0.3 is 9.47 Å². The number of halogens is 3. The van der Waals surface area contributed by atoms with E-state index in [-0.39, 0.29) is 0 Å². The highest BCUT2D eigenvalue weighted by atomic mass is 19.3. The third-order valence-corrected chi connectivity index (χ3v) is 1.78. The van der Waals surface area contributed by atoms with Crippen molar-refractivity contribution >= 4 is 5.97 Å². The van der Waals surface area contributed by atoms with E-state index in [2.05, 4.69) is 14.5 Å². The van der Waals surface area contributed by atoms with E-state index in [0.717, 1.165) is 14.2 Å². The average molecular weight is 235 g/mol. The van der Waals surface area contributed by atoms with Gasteiger partial charge in [0.2, 0.25) is 0 Å². The largest absolute Gasteiger partial charge is 0.479 e. The van der Waals surface area contributed by atoms with Crippen LogP contribution in [0.3, 0.4) is 0 Å². The molecule has 0 amide bonds. The Morgan fingerprint density at radius 1 is 1.44 bits per heavy atom. The van der Waals surface area contributed by atoms with Gasteiger partial charge in [0.15, 0.2) is 11.5 Å². The summed E-state index contributed by atoms with van der Waals surface area (Å²) in [6.07, 6.45) is -3.03. The normalized spacial score (nSPS) is 10.4. The van der Waals surface area contributed by atoms with Gasteiger partial charge in [-0.1, -0.05) is 0 Å². The summed E-state index contributed by atoms with van der Waals surface area (Å²) in [6, 6.07) is 0.503. The first kappa shape index (κ1) is 12.3. The van der Waals surface area contributed by atoms with E-state index in [0.29, 0.717) is 6.07 Å². The maximum Gasteiger partial charge on any atom is 0.357 e. The van der Waals surface area contributed by atoms with Crippen LogP contribution < -0.4 is 4.74 Å². The Morgan fingerprint density at radius 3 is 2.50 bits per heavy atom. The van der Waals surface area contributed by atoms with E-state index < -0.39 is 35.3 Å². The Labute approximate surface area is 89.0 Å². The van der Waals surface area contributed by atoms with Gasteiger partial charge in [0.05, 0.1) is 19.8 Å². The average Bonchev–Trinajstić information content (AvgIpc) is 2.27. The molecule has 7 heteroatoms. The van der Waals surface area contributed by atoms with Gasteiger partial charge >= 0.3 is 5.97 Å². The molecule has 0 fully saturated rings. The fraction of sp³-hybridized carbons (Fsp3) is 0.333. The van der Waals surface area contributed by atoms with Gasteiger partial charge in [-0.15, -0.1) is 0 Å². The summed E-state index contributed by atoms with van der Waals surface area (Å²) in [5.74, 6) is -2.68. The Kier molecular flexibility index (Phi) is 3.70. The zero-order valence-electron chi connectivity index (χ0n) is 8.46. The van der Waals surface area contributed by atoms with Gasteiger partial charge in [0, 0.05) is 0 Å². The van der Waals surface area contributed by atoms with Crippen LogP contribution in [0, 0.1) is 5.82 Å². The molecule has 0 aliphatic heterocycles. The van der Waals surface area contributed by atoms with Crippen LogP contribution >= 0.6 is 0 Å². The van der Waals surface area contributed by atoms with Crippen LogP contribution in [0.4, 0.5) is 13.2 Å². The number of hydrogen-bond acceptors (Lipinski definition) is 4. The lowest BCUT2D eigenvalue weighted by Crippen LogP contribution is -2.11. The van der Waals surface area contributed by atoms with Crippen molar-refractivity contribution in [1.29, 1.82) is 0 Å². The molecule has 0 aromatic carbocycles. The molecule has 0 saturated carbocycles. The maximum atomic E-state index is 13.1. The molecule has 0 spiro atoms. The van der Waals surface area contributed by atoms with Crippen LogP contribution in [-0.2, 0) is 4.74 Å². The van der Waals surface area contributed by atoms with Crippen molar-refractivity contribution in [2.24, 2.45) is 0 Å². The minimum atomic E-state index is -3.03. The number of carbonyl (C=O) groups is 1. The summed E-state index contributed by atoms with van der Waals surface area (Å²) < 4.78 is 46.8. The van der Waals surface area contributed by atoms with Gasteiger partial charge in [0.25, 0.3) is 12.3 Å². The summed E-state index contributed by atoms with van der Waals surface area (Å²) in [4.78, 5) is 14.5. The van der Waals surface area contributed by atoms with Gasteiger partial charge in [-0.25, -0.2) is 22.9 Å². The van der Waals surface area contributed by atoms with Crippen LogP contribution in [0.5, 0.6) is 5.88 Å². The second-order valence-corrected chi connectivity index (χ2v) is 2.71. The maximum absolute atomic E-state index is 13.1. The minimum Gasteiger partial charge on any atom is -0.479 e. The standard InChI is InChI=1S/C9H8F3NO3/c1-15-8-5(10)3-4(7(11)12)6(13-8)9(14)16-2/h3,7H,1-2H3. The molecule has 0 aliphatic carbocycles. The lowest BCUT2D eigenvalue weighted by atomic mass is 10.2. The molecular weight excluding hydrogens is 227 g/mol. The van der Waals surface area contributed by atoms with E-state index in [1.165, 1.54) is 0 Å². The van der Waals surface area contributed by atoms with Crippen molar-refractivity contribution in [3.63, 3.8) is 0 Å². The Morgan fingerprint density at radius 2 is 2.06 bits per heavy atom. The molecule has 1 aromatic rings. The van der Waals surface area contributed by atoms with Gasteiger partial charge in [-0.05, 0) is 6.07 Å². The number of hydrogen-bond donors (Lipinski definition) is 0. The number of methoxy groups -OCH3 is 2. The Balaban J connectivity index is 3.36. The fourth-order valence-electron chi connectivity index (χ4n) is 1.06. The number of esters is 1. The molecule has 0 N–H and O–H groups in total. The van der Waals surface area contributed by atoms with E-state index >= 15 is 0 Å². The van der Waals surface area contributed by atoms with Crippen molar-refractivity contribution in [1.82, 2.24) is 4.98 Å².